The van der Waals surface area contributed by atoms with Gasteiger partial charge in [0, 0.05) is 23.4 Å². The first-order valence-electron chi connectivity index (χ1n) is 8.68. The Labute approximate surface area is 152 Å². The van der Waals surface area contributed by atoms with Crippen molar-refractivity contribution in [3.05, 3.63) is 65.7 Å². The summed E-state index contributed by atoms with van der Waals surface area (Å²) < 4.78 is 0. The van der Waals surface area contributed by atoms with E-state index in [0.717, 1.165) is 12.8 Å². The number of nitrogens with one attached hydrogen (secondary N) is 3. The molecule has 134 valence electrons. The molecule has 0 aliphatic carbocycles. The molecule has 2 aromatic carbocycles. The maximum absolute atomic E-state index is 12.3. The van der Waals surface area contributed by atoms with Crippen molar-refractivity contribution in [1.82, 2.24) is 10.6 Å². The third kappa shape index (κ3) is 4.47. The minimum absolute atomic E-state index is 0.136. The summed E-state index contributed by atoms with van der Waals surface area (Å²) in [6.07, 6.45) is 2.46. The van der Waals surface area contributed by atoms with Gasteiger partial charge in [0.15, 0.2) is 0 Å². The smallest absolute Gasteiger partial charge is 0.255 e. The van der Waals surface area contributed by atoms with E-state index in [2.05, 4.69) is 16.0 Å². The fraction of sp³-hybridized carbons (Fsp3) is 0.250. The Bertz CT molecular complexity index is 788. The molecule has 0 spiro atoms. The largest absolute Gasteiger partial charge is 0.354 e. The number of amides is 3. The van der Waals surface area contributed by atoms with Crippen molar-refractivity contribution in [2.75, 3.05) is 11.9 Å². The molecule has 1 aliphatic rings. The summed E-state index contributed by atoms with van der Waals surface area (Å²) in [4.78, 5) is 36.4. The van der Waals surface area contributed by atoms with E-state index >= 15 is 0 Å². The molecule has 6 heteroatoms. The molecule has 0 bridgehead atoms. The van der Waals surface area contributed by atoms with Gasteiger partial charge in [0.1, 0.15) is 6.04 Å². The molecular weight excluding hydrogens is 330 g/mol. The second-order valence-electron chi connectivity index (χ2n) is 6.21. The van der Waals surface area contributed by atoms with Crippen molar-refractivity contribution in [3.63, 3.8) is 0 Å². The van der Waals surface area contributed by atoms with Crippen LogP contribution in [-0.4, -0.2) is 30.3 Å². The number of anilines is 1. The summed E-state index contributed by atoms with van der Waals surface area (Å²) >= 11 is 0. The molecule has 0 aromatic heterocycles. The van der Waals surface area contributed by atoms with Gasteiger partial charge in [-0.3, -0.25) is 14.4 Å². The number of benzene rings is 2. The normalized spacial score (nSPS) is 16.9. The molecule has 3 N–H and O–H groups in total. The predicted molar refractivity (Wildman–Crippen MR) is 99.0 cm³/mol. The second kappa shape index (κ2) is 8.29. The first kappa shape index (κ1) is 17.7. The maximum Gasteiger partial charge on any atom is 0.255 e. The average molecular weight is 351 g/mol. The van der Waals surface area contributed by atoms with Crippen LogP contribution in [0.3, 0.4) is 0 Å². The van der Waals surface area contributed by atoms with Crippen LogP contribution >= 0.6 is 0 Å². The van der Waals surface area contributed by atoms with Gasteiger partial charge in [-0.05, 0) is 55.7 Å². The Hall–Kier alpha value is -3.15. The van der Waals surface area contributed by atoms with E-state index in [4.69, 9.17) is 0 Å². The Morgan fingerprint density at radius 1 is 0.885 bits per heavy atom. The summed E-state index contributed by atoms with van der Waals surface area (Å²) in [5.41, 5.74) is 1.61. The Balaban J connectivity index is 1.60. The van der Waals surface area contributed by atoms with Crippen LogP contribution in [0.1, 0.15) is 40.0 Å². The Morgan fingerprint density at radius 2 is 1.58 bits per heavy atom. The average Bonchev–Trinajstić information content (AvgIpc) is 2.87. The standard InChI is InChI=1S/C20H21N3O3/c24-18(14-6-2-1-3-7-14)22-16-11-9-15(10-12-16)19(25)23-17-8-4-5-13-21-20(17)26/h1-3,6-7,9-12,17H,4-5,8,13H2,(H,21,26)(H,22,24)(H,23,25)/t17-/m1/s1. The zero-order valence-corrected chi connectivity index (χ0v) is 14.3. The summed E-state index contributed by atoms with van der Waals surface area (Å²) in [6.45, 7) is 0.654. The van der Waals surface area contributed by atoms with Gasteiger partial charge in [-0.1, -0.05) is 18.2 Å². The molecule has 0 unspecified atom stereocenters. The molecule has 1 fully saturated rings. The molecule has 0 saturated carbocycles. The van der Waals surface area contributed by atoms with Crippen LogP contribution in [0.15, 0.2) is 54.6 Å². The van der Waals surface area contributed by atoms with Crippen molar-refractivity contribution >= 4 is 23.4 Å². The quantitative estimate of drug-likeness (QED) is 0.790. The van der Waals surface area contributed by atoms with Gasteiger partial charge in [0.2, 0.25) is 5.91 Å². The van der Waals surface area contributed by atoms with Crippen molar-refractivity contribution in [3.8, 4) is 0 Å². The van der Waals surface area contributed by atoms with Crippen molar-refractivity contribution in [2.24, 2.45) is 0 Å². The van der Waals surface area contributed by atoms with E-state index in [-0.39, 0.29) is 17.7 Å². The van der Waals surface area contributed by atoms with E-state index in [0.29, 0.717) is 29.8 Å². The minimum Gasteiger partial charge on any atom is -0.354 e. The molecule has 1 aliphatic heterocycles. The number of rotatable bonds is 4. The maximum atomic E-state index is 12.3. The van der Waals surface area contributed by atoms with Gasteiger partial charge in [-0.25, -0.2) is 0 Å². The lowest BCUT2D eigenvalue weighted by atomic mass is 10.1. The molecule has 1 saturated heterocycles. The van der Waals surface area contributed by atoms with Gasteiger partial charge < -0.3 is 16.0 Å². The molecule has 26 heavy (non-hydrogen) atoms. The lowest BCUT2D eigenvalue weighted by molar-refractivity contribution is -0.122. The molecular formula is C20H21N3O3. The molecule has 3 rings (SSSR count). The highest BCUT2D eigenvalue weighted by atomic mass is 16.2. The van der Waals surface area contributed by atoms with Crippen LogP contribution in [0.5, 0.6) is 0 Å². The van der Waals surface area contributed by atoms with Crippen molar-refractivity contribution < 1.29 is 14.4 Å². The lowest BCUT2D eigenvalue weighted by Gasteiger charge is -2.15. The van der Waals surface area contributed by atoms with Gasteiger partial charge in [-0.15, -0.1) is 0 Å². The molecule has 1 atom stereocenters. The van der Waals surface area contributed by atoms with Crippen LogP contribution < -0.4 is 16.0 Å². The third-order valence-corrected chi connectivity index (χ3v) is 4.28. The van der Waals surface area contributed by atoms with Crippen LogP contribution in [0.2, 0.25) is 0 Å². The highest BCUT2D eigenvalue weighted by Crippen LogP contribution is 2.13. The molecule has 2 aromatic rings. The van der Waals surface area contributed by atoms with E-state index in [9.17, 15) is 14.4 Å². The Morgan fingerprint density at radius 3 is 2.31 bits per heavy atom. The SMILES string of the molecule is O=C(Nc1ccc(C(=O)N[C@@H]2CCCCNC2=O)cc1)c1ccccc1. The van der Waals surface area contributed by atoms with Crippen LogP contribution in [0, 0.1) is 0 Å². The van der Waals surface area contributed by atoms with Crippen LogP contribution in [-0.2, 0) is 4.79 Å². The number of hydrogen-bond donors (Lipinski definition) is 3. The first-order valence-corrected chi connectivity index (χ1v) is 8.68. The summed E-state index contributed by atoms with van der Waals surface area (Å²) in [5, 5.41) is 8.36. The second-order valence-corrected chi connectivity index (χ2v) is 6.21. The van der Waals surface area contributed by atoms with E-state index in [1.807, 2.05) is 6.07 Å². The van der Waals surface area contributed by atoms with Crippen LogP contribution in [0.4, 0.5) is 5.69 Å². The fourth-order valence-electron chi connectivity index (χ4n) is 2.82. The van der Waals surface area contributed by atoms with Gasteiger partial charge in [0.25, 0.3) is 11.8 Å². The van der Waals surface area contributed by atoms with Gasteiger partial charge in [0.05, 0.1) is 0 Å². The van der Waals surface area contributed by atoms with E-state index < -0.39 is 6.04 Å². The van der Waals surface area contributed by atoms with E-state index in [1.54, 1.807) is 48.5 Å². The number of hydrogen-bond acceptors (Lipinski definition) is 3. The van der Waals surface area contributed by atoms with Gasteiger partial charge >= 0.3 is 0 Å². The van der Waals surface area contributed by atoms with Crippen molar-refractivity contribution in [2.45, 2.75) is 25.3 Å². The molecule has 3 amide bonds. The number of carbonyl (C=O) groups is 3. The monoisotopic (exact) mass is 351 g/mol. The van der Waals surface area contributed by atoms with Crippen LogP contribution in [0.25, 0.3) is 0 Å². The predicted octanol–water partition coefficient (Wildman–Crippen LogP) is 2.34. The molecule has 1 heterocycles. The lowest BCUT2D eigenvalue weighted by Crippen LogP contribution is -2.45. The van der Waals surface area contributed by atoms with E-state index in [1.165, 1.54) is 0 Å². The molecule has 6 nitrogen and oxygen atoms in total. The third-order valence-electron chi connectivity index (χ3n) is 4.28. The summed E-state index contributed by atoms with van der Waals surface area (Å²) in [6, 6.07) is 15.0. The number of carbonyl (C=O) groups excluding carboxylic acids is 3. The fourth-order valence-corrected chi connectivity index (χ4v) is 2.82. The first-order chi connectivity index (χ1) is 12.6. The highest BCUT2D eigenvalue weighted by molar-refractivity contribution is 6.04. The molecule has 0 radical (unpaired) electrons. The Kier molecular flexibility index (Phi) is 5.63. The zero-order valence-electron chi connectivity index (χ0n) is 14.3. The van der Waals surface area contributed by atoms with Gasteiger partial charge in [-0.2, -0.15) is 0 Å². The highest BCUT2D eigenvalue weighted by Gasteiger charge is 2.22. The summed E-state index contributed by atoms with van der Waals surface area (Å²) in [7, 11) is 0. The van der Waals surface area contributed by atoms with Crippen molar-refractivity contribution in [1.29, 1.82) is 0 Å². The zero-order chi connectivity index (χ0) is 18.4. The topological polar surface area (TPSA) is 87.3 Å². The summed E-state index contributed by atoms with van der Waals surface area (Å²) in [5.74, 6) is -0.645. The minimum atomic E-state index is -0.498.